The third kappa shape index (κ3) is 3.40. The highest BCUT2D eigenvalue weighted by molar-refractivity contribution is 6.43. The monoisotopic (exact) mass is 335 g/mol. The maximum Gasteiger partial charge on any atom is 0.148 e. The molecule has 1 unspecified atom stereocenters. The number of nitrogens with one attached hydrogen (secondary N) is 1. The van der Waals surface area contributed by atoms with Gasteiger partial charge < -0.3 is 5.32 Å². The normalized spacial score (nSPS) is 19.9. The Bertz CT molecular complexity index is 461. The molecule has 1 aliphatic heterocycles. The molecule has 2 rings (SSSR count). The minimum Gasteiger partial charge on any atom is -0.314 e. The summed E-state index contributed by atoms with van der Waals surface area (Å²) < 4.78 is 0. The number of hydrogen-bond acceptors (Lipinski definition) is 3. The molecule has 3 nitrogen and oxygen atoms in total. The van der Waals surface area contributed by atoms with Crippen molar-refractivity contribution in [2.75, 3.05) is 26.2 Å². The summed E-state index contributed by atoms with van der Waals surface area (Å²) in [5, 5.41) is 4.79. The van der Waals surface area contributed by atoms with Crippen LogP contribution in [0.5, 0.6) is 0 Å². The van der Waals surface area contributed by atoms with E-state index in [4.69, 9.17) is 34.8 Å². The highest BCUT2D eigenvalue weighted by atomic mass is 35.5. The Hall–Kier alpha value is -0.0600. The van der Waals surface area contributed by atoms with E-state index in [2.05, 4.69) is 29.0 Å². The molecule has 0 aliphatic carbocycles. The summed E-state index contributed by atoms with van der Waals surface area (Å²) in [4.78, 5) is 6.46. The second-order valence-electron chi connectivity index (χ2n) is 5.24. The van der Waals surface area contributed by atoms with Crippen molar-refractivity contribution in [2.24, 2.45) is 5.92 Å². The smallest absolute Gasteiger partial charge is 0.148 e. The Morgan fingerprint density at radius 2 is 1.95 bits per heavy atom. The first-order valence-electron chi connectivity index (χ1n) is 7.00. The Morgan fingerprint density at radius 3 is 2.55 bits per heavy atom. The standard InChI is InChI=1S/C14H20Cl3N3/c1-3-9(2)13(20-6-4-18-5-7-20)11-10(15)8-19-14(17)12(11)16/h8-9,13,18H,3-7H2,1-2H3/t9?,13-/m1/s1. The summed E-state index contributed by atoms with van der Waals surface area (Å²) in [7, 11) is 0. The van der Waals surface area contributed by atoms with Gasteiger partial charge in [-0.05, 0) is 5.92 Å². The molecular formula is C14H20Cl3N3. The molecule has 2 heterocycles. The summed E-state index contributed by atoms with van der Waals surface area (Å²) >= 11 is 18.8. The third-order valence-electron chi connectivity index (χ3n) is 3.99. The van der Waals surface area contributed by atoms with Crippen molar-refractivity contribution < 1.29 is 0 Å². The SMILES string of the molecule is CCC(C)[C@H](c1c(Cl)cnc(Cl)c1Cl)N1CCNCC1. The van der Waals surface area contributed by atoms with Gasteiger partial charge in [0, 0.05) is 44.0 Å². The van der Waals surface area contributed by atoms with Gasteiger partial charge in [-0.1, -0.05) is 55.1 Å². The van der Waals surface area contributed by atoms with Crippen LogP contribution in [0.15, 0.2) is 6.20 Å². The van der Waals surface area contributed by atoms with Crippen molar-refractivity contribution in [2.45, 2.75) is 26.3 Å². The Morgan fingerprint density at radius 1 is 1.30 bits per heavy atom. The molecule has 6 heteroatoms. The number of halogens is 3. The zero-order valence-electron chi connectivity index (χ0n) is 11.8. The van der Waals surface area contributed by atoms with Gasteiger partial charge in [0.05, 0.1) is 10.0 Å². The highest BCUT2D eigenvalue weighted by Gasteiger charge is 2.30. The minimum absolute atomic E-state index is 0.183. The molecule has 20 heavy (non-hydrogen) atoms. The Balaban J connectivity index is 2.43. The third-order valence-corrected chi connectivity index (χ3v) is 5.06. The van der Waals surface area contributed by atoms with Gasteiger partial charge >= 0.3 is 0 Å². The Labute approximate surface area is 135 Å². The first kappa shape index (κ1) is 16.3. The van der Waals surface area contributed by atoms with Gasteiger partial charge in [-0.3, -0.25) is 4.90 Å². The van der Waals surface area contributed by atoms with E-state index in [-0.39, 0.29) is 6.04 Å². The molecule has 0 saturated carbocycles. The molecule has 0 aromatic carbocycles. The van der Waals surface area contributed by atoms with Crippen LogP contribution in [0.1, 0.15) is 31.9 Å². The van der Waals surface area contributed by atoms with Crippen LogP contribution in [0.3, 0.4) is 0 Å². The second-order valence-corrected chi connectivity index (χ2v) is 6.38. The quantitative estimate of drug-likeness (QED) is 0.841. The maximum atomic E-state index is 6.39. The number of pyridine rings is 1. The van der Waals surface area contributed by atoms with Crippen molar-refractivity contribution in [1.29, 1.82) is 0 Å². The van der Waals surface area contributed by atoms with Crippen molar-refractivity contribution in [1.82, 2.24) is 15.2 Å². The fraction of sp³-hybridized carbons (Fsp3) is 0.643. The van der Waals surface area contributed by atoms with E-state index in [0.717, 1.165) is 38.2 Å². The molecule has 1 N–H and O–H groups in total. The summed E-state index contributed by atoms with van der Waals surface area (Å²) in [6, 6.07) is 0.183. The van der Waals surface area contributed by atoms with E-state index in [1.54, 1.807) is 6.20 Å². The summed E-state index contributed by atoms with van der Waals surface area (Å²) in [5.74, 6) is 0.446. The average molecular weight is 337 g/mol. The Kier molecular flexibility index (Phi) is 5.94. The van der Waals surface area contributed by atoms with Crippen LogP contribution in [0, 0.1) is 5.92 Å². The second kappa shape index (κ2) is 7.28. The molecule has 0 radical (unpaired) electrons. The first-order valence-corrected chi connectivity index (χ1v) is 8.13. The summed E-state index contributed by atoms with van der Waals surface area (Å²) in [5.41, 5.74) is 0.921. The average Bonchev–Trinajstić information content (AvgIpc) is 2.48. The van der Waals surface area contributed by atoms with E-state index >= 15 is 0 Å². The van der Waals surface area contributed by atoms with E-state index in [9.17, 15) is 0 Å². The lowest BCUT2D eigenvalue weighted by Gasteiger charge is -2.39. The van der Waals surface area contributed by atoms with E-state index in [1.165, 1.54) is 0 Å². The van der Waals surface area contributed by atoms with Gasteiger partial charge in [-0.15, -0.1) is 0 Å². The first-order chi connectivity index (χ1) is 9.56. The fourth-order valence-corrected chi connectivity index (χ4v) is 3.45. The molecule has 1 aromatic heterocycles. The van der Waals surface area contributed by atoms with Crippen LogP contribution in [0.4, 0.5) is 0 Å². The molecule has 112 valence electrons. The molecule has 1 aromatic rings. The van der Waals surface area contributed by atoms with E-state index in [0.29, 0.717) is 21.1 Å². The van der Waals surface area contributed by atoms with Crippen molar-refractivity contribution in [3.8, 4) is 0 Å². The van der Waals surface area contributed by atoms with Crippen molar-refractivity contribution in [3.63, 3.8) is 0 Å². The number of nitrogens with zero attached hydrogens (tertiary/aromatic N) is 2. The minimum atomic E-state index is 0.183. The van der Waals surface area contributed by atoms with Gasteiger partial charge in [0.2, 0.25) is 0 Å². The van der Waals surface area contributed by atoms with Crippen LogP contribution in [-0.4, -0.2) is 36.1 Å². The lowest BCUT2D eigenvalue weighted by atomic mass is 9.91. The number of rotatable bonds is 4. The molecule has 0 bridgehead atoms. The number of piperazine rings is 1. The molecule has 1 fully saturated rings. The predicted molar refractivity (Wildman–Crippen MR) is 85.9 cm³/mol. The molecule has 1 saturated heterocycles. The van der Waals surface area contributed by atoms with Crippen LogP contribution in [0.2, 0.25) is 15.2 Å². The predicted octanol–water partition coefficient (Wildman–Crippen LogP) is 4.03. The van der Waals surface area contributed by atoms with E-state index < -0.39 is 0 Å². The van der Waals surface area contributed by atoms with Crippen molar-refractivity contribution >= 4 is 34.8 Å². The summed E-state index contributed by atoms with van der Waals surface area (Å²) in [6.45, 7) is 8.36. The lowest BCUT2D eigenvalue weighted by molar-refractivity contribution is 0.128. The summed E-state index contributed by atoms with van der Waals surface area (Å²) in [6.07, 6.45) is 2.66. The molecule has 0 spiro atoms. The number of aromatic nitrogens is 1. The van der Waals surface area contributed by atoms with Gasteiger partial charge in [0.1, 0.15) is 5.15 Å². The van der Waals surface area contributed by atoms with Gasteiger partial charge in [0.25, 0.3) is 0 Å². The van der Waals surface area contributed by atoms with Crippen LogP contribution in [-0.2, 0) is 0 Å². The zero-order valence-corrected chi connectivity index (χ0v) is 14.1. The van der Waals surface area contributed by atoms with Crippen LogP contribution < -0.4 is 5.32 Å². The topological polar surface area (TPSA) is 28.2 Å². The molecule has 1 aliphatic rings. The molecule has 0 amide bonds. The molecular weight excluding hydrogens is 317 g/mol. The van der Waals surface area contributed by atoms with Crippen LogP contribution >= 0.6 is 34.8 Å². The number of hydrogen-bond donors (Lipinski definition) is 1. The van der Waals surface area contributed by atoms with Gasteiger partial charge in [-0.2, -0.15) is 0 Å². The van der Waals surface area contributed by atoms with Crippen LogP contribution in [0.25, 0.3) is 0 Å². The van der Waals surface area contributed by atoms with Crippen molar-refractivity contribution in [3.05, 3.63) is 27.0 Å². The van der Waals surface area contributed by atoms with Gasteiger partial charge in [-0.25, -0.2) is 4.98 Å². The molecule has 2 atom stereocenters. The fourth-order valence-electron chi connectivity index (χ4n) is 2.74. The van der Waals surface area contributed by atoms with E-state index in [1.807, 2.05) is 0 Å². The maximum absolute atomic E-state index is 6.39. The lowest BCUT2D eigenvalue weighted by Crippen LogP contribution is -2.46. The largest absolute Gasteiger partial charge is 0.314 e. The van der Waals surface area contributed by atoms with Gasteiger partial charge in [0.15, 0.2) is 0 Å². The highest BCUT2D eigenvalue weighted by Crippen LogP contribution is 2.41. The zero-order chi connectivity index (χ0) is 14.7.